The highest BCUT2D eigenvalue weighted by Gasteiger charge is 2.08. The summed E-state index contributed by atoms with van der Waals surface area (Å²) in [6, 6.07) is 16.7. The van der Waals surface area contributed by atoms with Gasteiger partial charge in [-0.1, -0.05) is 24.3 Å². The molecule has 0 unspecified atom stereocenters. The zero-order valence-electron chi connectivity index (χ0n) is 17.2. The zero-order valence-corrected chi connectivity index (χ0v) is 17.2. The van der Waals surface area contributed by atoms with Crippen LogP contribution in [0.1, 0.15) is 21.7 Å². The summed E-state index contributed by atoms with van der Waals surface area (Å²) in [5.41, 5.74) is 4.00. The van der Waals surface area contributed by atoms with Crippen molar-refractivity contribution in [1.29, 1.82) is 0 Å². The Morgan fingerprint density at radius 1 is 1.00 bits per heavy atom. The number of hydrogen-bond donors (Lipinski definition) is 3. The lowest BCUT2D eigenvalue weighted by Gasteiger charge is -2.05. The van der Waals surface area contributed by atoms with Crippen molar-refractivity contribution in [2.45, 2.75) is 6.42 Å². The minimum Gasteiger partial charge on any atom is -0.497 e. The standard InChI is InChI=1S/C23H21N3O6/c1-31-18-8-2-15(3-9-18)12-21(27)24-14-22(28)26-25-13-19-10-11-20(32-19)16-4-6-17(7-5-16)23(29)30/h2-11,13H,12,14H2,1H3,(H,24,27)(H,26,28)(H,29,30). The van der Waals surface area contributed by atoms with E-state index in [0.717, 1.165) is 5.56 Å². The largest absolute Gasteiger partial charge is 0.497 e. The van der Waals surface area contributed by atoms with Crippen molar-refractivity contribution in [1.82, 2.24) is 10.7 Å². The van der Waals surface area contributed by atoms with Crippen LogP contribution in [0.25, 0.3) is 11.3 Å². The lowest BCUT2D eigenvalue weighted by molar-refractivity contribution is -0.125. The maximum absolute atomic E-state index is 12.0. The number of carbonyl (C=O) groups excluding carboxylic acids is 2. The molecule has 0 saturated heterocycles. The van der Waals surface area contributed by atoms with Crippen LogP contribution in [-0.4, -0.2) is 42.8 Å². The number of nitrogens with zero attached hydrogens (tertiary/aromatic N) is 1. The fourth-order valence-corrected chi connectivity index (χ4v) is 2.73. The van der Waals surface area contributed by atoms with Crippen molar-refractivity contribution in [2.75, 3.05) is 13.7 Å². The van der Waals surface area contributed by atoms with Crippen LogP contribution in [0.5, 0.6) is 5.75 Å². The van der Waals surface area contributed by atoms with Crippen LogP contribution in [0, 0.1) is 0 Å². The Bertz CT molecular complexity index is 1120. The van der Waals surface area contributed by atoms with Gasteiger partial charge in [-0.05, 0) is 42.0 Å². The van der Waals surface area contributed by atoms with E-state index in [9.17, 15) is 14.4 Å². The molecular formula is C23H21N3O6. The summed E-state index contributed by atoms with van der Waals surface area (Å²) in [7, 11) is 1.56. The first-order valence-electron chi connectivity index (χ1n) is 9.59. The minimum atomic E-state index is -1.00. The highest BCUT2D eigenvalue weighted by atomic mass is 16.5. The van der Waals surface area contributed by atoms with Crippen LogP contribution in [0.15, 0.2) is 70.2 Å². The van der Waals surface area contributed by atoms with Crippen molar-refractivity contribution in [3.63, 3.8) is 0 Å². The number of methoxy groups -OCH3 is 1. The Morgan fingerprint density at radius 3 is 2.38 bits per heavy atom. The fraction of sp³-hybridized carbons (Fsp3) is 0.130. The molecule has 3 N–H and O–H groups in total. The number of nitrogens with one attached hydrogen (secondary N) is 2. The number of hydrazone groups is 1. The molecule has 9 heteroatoms. The molecule has 0 radical (unpaired) electrons. The van der Waals surface area contributed by atoms with Crippen LogP contribution in [0.4, 0.5) is 0 Å². The first kappa shape index (κ1) is 22.3. The molecule has 1 aromatic heterocycles. The summed E-state index contributed by atoms with van der Waals surface area (Å²) in [6.07, 6.45) is 1.47. The van der Waals surface area contributed by atoms with E-state index in [0.29, 0.717) is 22.8 Å². The molecule has 0 aliphatic heterocycles. The number of furan rings is 1. The van der Waals surface area contributed by atoms with Gasteiger partial charge >= 0.3 is 5.97 Å². The van der Waals surface area contributed by atoms with E-state index in [1.165, 1.54) is 18.3 Å². The molecule has 164 valence electrons. The third kappa shape index (κ3) is 6.30. The molecule has 0 bridgehead atoms. The van der Waals surface area contributed by atoms with E-state index in [1.54, 1.807) is 55.6 Å². The van der Waals surface area contributed by atoms with Crippen molar-refractivity contribution in [2.24, 2.45) is 5.10 Å². The summed E-state index contributed by atoms with van der Waals surface area (Å²) in [6.45, 7) is -0.217. The van der Waals surface area contributed by atoms with Crippen molar-refractivity contribution in [3.8, 4) is 17.1 Å². The van der Waals surface area contributed by atoms with E-state index in [4.69, 9.17) is 14.3 Å². The van der Waals surface area contributed by atoms with Gasteiger partial charge in [0.25, 0.3) is 5.91 Å². The van der Waals surface area contributed by atoms with Crippen LogP contribution < -0.4 is 15.5 Å². The maximum Gasteiger partial charge on any atom is 0.335 e. The molecule has 2 aromatic carbocycles. The zero-order chi connectivity index (χ0) is 22.9. The summed E-state index contributed by atoms with van der Waals surface area (Å²) in [5, 5.41) is 15.3. The average molecular weight is 435 g/mol. The Hall–Kier alpha value is -4.40. The molecule has 32 heavy (non-hydrogen) atoms. The van der Waals surface area contributed by atoms with Crippen LogP contribution >= 0.6 is 0 Å². The van der Waals surface area contributed by atoms with Gasteiger partial charge in [0.1, 0.15) is 17.3 Å². The molecule has 0 aliphatic carbocycles. The second-order valence-corrected chi connectivity index (χ2v) is 6.68. The third-order valence-electron chi connectivity index (χ3n) is 4.39. The number of carboxylic acids is 1. The summed E-state index contributed by atoms with van der Waals surface area (Å²) in [5.74, 6) is -0.159. The number of rotatable bonds is 9. The Kier molecular flexibility index (Phi) is 7.37. The SMILES string of the molecule is COc1ccc(CC(=O)NCC(=O)NN=Cc2ccc(-c3ccc(C(=O)O)cc3)o2)cc1. The highest BCUT2D eigenvalue weighted by Crippen LogP contribution is 2.22. The molecule has 3 aromatic rings. The molecule has 0 aliphatic rings. The molecule has 9 nitrogen and oxygen atoms in total. The number of amides is 2. The molecule has 0 saturated carbocycles. The number of ether oxygens (including phenoxy) is 1. The van der Waals surface area contributed by atoms with Gasteiger partial charge < -0.3 is 19.6 Å². The van der Waals surface area contributed by atoms with E-state index in [-0.39, 0.29) is 24.4 Å². The quantitative estimate of drug-likeness (QED) is 0.350. The Balaban J connectivity index is 1.44. The molecule has 0 spiro atoms. The highest BCUT2D eigenvalue weighted by molar-refractivity contribution is 5.88. The van der Waals surface area contributed by atoms with E-state index in [2.05, 4.69) is 15.8 Å². The van der Waals surface area contributed by atoms with Gasteiger partial charge in [-0.25, -0.2) is 10.2 Å². The van der Waals surface area contributed by atoms with Crippen LogP contribution in [0.2, 0.25) is 0 Å². The van der Waals surface area contributed by atoms with Crippen molar-refractivity contribution >= 4 is 24.0 Å². The molecular weight excluding hydrogens is 414 g/mol. The monoisotopic (exact) mass is 435 g/mol. The van der Waals surface area contributed by atoms with Crippen LogP contribution in [-0.2, 0) is 16.0 Å². The van der Waals surface area contributed by atoms with E-state index >= 15 is 0 Å². The molecule has 2 amide bonds. The topological polar surface area (TPSA) is 130 Å². The van der Waals surface area contributed by atoms with Gasteiger partial charge in [-0.2, -0.15) is 5.10 Å². The first-order chi connectivity index (χ1) is 15.4. The summed E-state index contributed by atoms with van der Waals surface area (Å²) in [4.78, 5) is 34.7. The summed E-state index contributed by atoms with van der Waals surface area (Å²) < 4.78 is 10.7. The van der Waals surface area contributed by atoms with E-state index in [1.807, 2.05) is 0 Å². The second kappa shape index (κ2) is 10.6. The van der Waals surface area contributed by atoms with Gasteiger partial charge in [-0.3, -0.25) is 9.59 Å². The van der Waals surface area contributed by atoms with Crippen LogP contribution in [0.3, 0.4) is 0 Å². The normalized spacial score (nSPS) is 10.7. The molecule has 0 fully saturated rings. The molecule has 3 rings (SSSR count). The number of benzene rings is 2. The van der Waals surface area contributed by atoms with Crippen molar-refractivity contribution < 1.29 is 28.6 Å². The van der Waals surface area contributed by atoms with Gasteiger partial charge in [-0.15, -0.1) is 0 Å². The second-order valence-electron chi connectivity index (χ2n) is 6.68. The number of hydrogen-bond acceptors (Lipinski definition) is 6. The van der Waals surface area contributed by atoms with Gasteiger partial charge in [0.05, 0.1) is 31.9 Å². The van der Waals surface area contributed by atoms with Gasteiger partial charge in [0.2, 0.25) is 5.91 Å². The fourth-order valence-electron chi connectivity index (χ4n) is 2.73. The Morgan fingerprint density at radius 2 is 1.72 bits per heavy atom. The lowest BCUT2D eigenvalue weighted by atomic mass is 10.1. The maximum atomic E-state index is 12.0. The van der Waals surface area contributed by atoms with E-state index < -0.39 is 11.9 Å². The molecule has 1 heterocycles. The average Bonchev–Trinajstić information content (AvgIpc) is 3.27. The smallest absolute Gasteiger partial charge is 0.335 e. The first-order valence-corrected chi connectivity index (χ1v) is 9.59. The third-order valence-corrected chi connectivity index (χ3v) is 4.39. The van der Waals surface area contributed by atoms with Gasteiger partial charge in [0.15, 0.2) is 0 Å². The molecule has 0 atom stereocenters. The predicted molar refractivity (Wildman–Crippen MR) is 117 cm³/mol. The number of carbonyl (C=O) groups is 3. The van der Waals surface area contributed by atoms with Crippen molar-refractivity contribution in [3.05, 3.63) is 77.6 Å². The van der Waals surface area contributed by atoms with Gasteiger partial charge in [0, 0.05) is 5.56 Å². The predicted octanol–water partition coefficient (Wildman–Crippen LogP) is 2.46. The lowest BCUT2D eigenvalue weighted by Crippen LogP contribution is -2.35. The Labute approximate surface area is 183 Å². The summed E-state index contributed by atoms with van der Waals surface area (Å²) >= 11 is 0. The number of carboxylic acid groups (broad SMARTS) is 1. The minimum absolute atomic E-state index is 0.142. The number of aromatic carboxylic acids is 1.